The summed E-state index contributed by atoms with van der Waals surface area (Å²) in [6, 6.07) is -0.456. The van der Waals surface area contributed by atoms with E-state index in [2.05, 4.69) is 17.1 Å². The zero-order valence-corrected chi connectivity index (χ0v) is 11.5. The molecule has 0 bridgehead atoms. The average molecular weight is 279 g/mol. The highest BCUT2D eigenvalue weighted by molar-refractivity contribution is 5.93. The summed E-state index contributed by atoms with van der Waals surface area (Å²) in [5.41, 5.74) is 10.6. The Labute approximate surface area is 114 Å². The SMILES string of the molecule is CC1CCCN(CCC(=O)NC(N)=O)C1CN.Cl. The molecule has 0 aromatic carbocycles. The first kappa shape index (κ1) is 17.2. The summed E-state index contributed by atoms with van der Waals surface area (Å²) in [6.45, 7) is 4.40. The van der Waals surface area contributed by atoms with Crippen LogP contribution < -0.4 is 16.8 Å². The number of carbonyl (C=O) groups is 2. The van der Waals surface area contributed by atoms with E-state index in [0.29, 0.717) is 25.0 Å². The minimum Gasteiger partial charge on any atom is -0.351 e. The minimum absolute atomic E-state index is 0. The van der Waals surface area contributed by atoms with Gasteiger partial charge in [-0.25, -0.2) is 4.79 Å². The third-order valence-corrected chi connectivity index (χ3v) is 3.36. The fraction of sp³-hybridized carbons (Fsp3) is 0.818. The van der Waals surface area contributed by atoms with Crippen LogP contribution in [0.3, 0.4) is 0 Å². The van der Waals surface area contributed by atoms with Gasteiger partial charge in [-0.1, -0.05) is 6.92 Å². The molecule has 2 unspecified atom stereocenters. The molecule has 1 saturated heterocycles. The number of hydrogen-bond donors (Lipinski definition) is 3. The number of primary amides is 1. The van der Waals surface area contributed by atoms with Crippen molar-refractivity contribution >= 4 is 24.3 Å². The number of hydrogen-bond acceptors (Lipinski definition) is 4. The van der Waals surface area contributed by atoms with Crippen LogP contribution in [0.25, 0.3) is 0 Å². The predicted molar refractivity (Wildman–Crippen MR) is 72.4 cm³/mol. The van der Waals surface area contributed by atoms with Gasteiger partial charge in [-0.2, -0.15) is 0 Å². The number of rotatable bonds is 4. The summed E-state index contributed by atoms with van der Waals surface area (Å²) in [5, 5.41) is 2.07. The number of imide groups is 1. The lowest BCUT2D eigenvalue weighted by Crippen LogP contribution is -2.49. The maximum atomic E-state index is 11.3. The summed E-state index contributed by atoms with van der Waals surface area (Å²) >= 11 is 0. The molecule has 7 heteroatoms. The molecule has 1 heterocycles. The third kappa shape index (κ3) is 5.20. The maximum absolute atomic E-state index is 11.3. The minimum atomic E-state index is -0.794. The molecule has 106 valence electrons. The highest BCUT2D eigenvalue weighted by atomic mass is 35.5. The Hall–Kier alpha value is -0.850. The second-order valence-electron chi connectivity index (χ2n) is 4.62. The van der Waals surface area contributed by atoms with E-state index >= 15 is 0 Å². The van der Waals surface area contributed by atoms with Crippen LogP contribution in [0.4, 0.5) is 4.79 Å². The lowest BCUT2D eigenvalue weighted by molar-refractivity contribution is -0.120. The monoisotopic (exact) mass is 278 g/mol. The number of halogens is 1. The van der Waals surface area contributed by atoms with Gasteiger partial charge in [0.25, 0.3) is 0 Å². The molecule has 2 atom stereocenters. The van der Waals surface area contributed by atoms with Crippen molar-refractivity contribution in [3.8, 4) is 0 Å². The largest absolute Gasteiger partial charge is 0.351 e. The number of amides is 3. The molecule has 5 N–H and O–H groups in total. The van der Waals surface area contributed by atoms with E-state index in [9.17, 15) is 9.59 Å². The van der Waals surface area contributed by atoms with Crippen molar-refractivity contribution in [1.29, 1.82) is 0 Å². The van der Waals surface area contributed by atoms with Crippen molar-refractivity contribution in [2.75, 3.05) is 19.6 Å². The van der Waals surface area contributed by atoms with Crippen LogP contribution in [0, 0.1) is 5.92 Å². The fourth-order valence-corrected chi connectivity index (χ4v) is 2.44. The van der Waals surface area contributed by atoms with E-state index in [1.807, 2.05) is 0 Å². The Kier molecular flexibility index (Phi) is 7.90. The molecular formula is C11H23ClN4O2. The Morgan fingerprint density at radius 3 is 2.67 bits per heavy atom. The number of likely N-dealkylation sites (tertiary alicyclic amines) is 1. The van der Waals surface area contributed by atoms with Gasteiger partial charge in [0.15, 0.2) is 0 Å². The number of nitrogens with one attached hydrogen (secondary N) is 1. The number of nitrogens with two attached hydrogens (primary N) is 2. The van der Waals surface area contributed by atoms with Gasteiger partial charge >= 0.3 is 6.03 Å². The number of carbonyl (C=O) groups excluding carboxylic acids is 2. The first-order valence-corrected chi connectivity index (χ1v) is 6.08. The van der Waals surface area contributed by atoms with Gasteiger partial charge in [0.2, 0.25) is 5.91 Å². The number of urea groups is 1. The first-order valence-electron chi connectivity index (χ1n) is 6.08. The topological polar surface area (TPSA) is 101 Å². The third-order valence-electron chi connectivity index (χ3n) is 3.36. The van der Waals surface area contributed by atoms with Crippen molar-refractivity contribution in [3.05, 3.63) is 0 Å². The Morgan fingerprint density at radius 2 is 2.11 bits per heavy atom. The molecule has 1 aliphatic rings. The van der Waals surface area contributed by atoms with E-state index in [0.717, 1.165) is 13.0 Å². The molecule has 0 aliphatic carbocycles. The fourth-order valence-electron chi connectivity index (χ4n) is 2.44. The van der Waals surface area contributed by atoms with Crippen molar-refractivity contribution in [3.63, 3.8) is 0 Å². The smallest absolute Gasteiger partial charge is 0.318 e. The summed E-state index contributed by atoms with van der Waals surface area (Å²) in [6.07, 6.45) is 2.60. The Bertz CT molecular complexity index is 288. The van der Waals surface area contributed by atoms with Crippen molar-refractivity contribution < 1.29 is 9.59 Å². The first-order chi connectivity index (χ1) is 8.04. The van der Waals surface area contributed by atoms with E-state index < -0.39 is 6.03 Å². The van der Waals surface area contributed by atoms with Gasteiger partial charge in [0.1, 0.15) is 0 Å². The highest BCUT2D eigenvalue weighted by Gasteiger charge is 2.27. The quantitative estimate of drug-likeness (QED) is 0.676. The molecule has 3 amide bonds. The van der Waals surface area contributed by atoms with Crippen molar-refractivity contribution in [2.45, 2.75) is 32.2 Å². The summed E-state index contributed by atoms with van der Waals surface area (Å²) in [5.74, 6) is 0.236. The van der Waals surface area contributed by atoms with Crippen LogP contribution in [-0.2, 0) is 4.79 Å². The van der Waals surface area contributed by atoms with Gasteiger partial charge in [-0.15, -0.1) is 12.4 Å². The van der Waals surface area contributed by atoms with Crippen LogP contribution in [0.5, 0.6) is 0 Å². The second kappa shape index (κ2) is 8.29. The van der Waals surface area contributed by atoms with E-state index in [1.54, 1.807) is 0 Å². The molecule has 0 aromatic heterocycles. The number of piperidine rings is 1. The van der Waals surface area contributed by atoms with Crippen LogP contribution >= 0.6 is 12.4 Å². The summed E-state index contributed by atoms with van der Waals surface area (Å²) < 4.78 is 0. The Balaban J connectivity index is 0.00000289. The van der Waals surface area contributed by atoms with Gasteiger partial charge in [0.05, 0.1) is 0 Å². The zero-order chi connectivity index (χ0) is 12.8. The van der Waals surface area contributed by atoms with Crippen LogP contribution in [0.1, 0.15) is 26.2 Å². The van der Waals surface area contributed by atoms with Gasteiger partial charge in [0, 0.05) is 25.6 Å². The normalized spacial score (nSPS) is 24.1. The molecule has 0 spiro atoms. The second-order valence-corrected chi connectivity index (χ2v) is 4.62. The van der Waals surface area contributed by atoms with Crippen molar-refractivity contribution in [1.82, 2.24) is 10.2 Å². The molecule has 0 radical (unpaired) electrons. The van der Waals surface area contributed by atoms with E-state index in [-0.39, 0.29) is 24.7 Å². The molecular weight excluding hydrogens is 256 g/mol. The standard InChI is InChI=1S/C11H22N4O2.ClH/c1-8-3-2-5-15(9(8)7-12)6-4-10(16)14-11(13)17;/h8-9H,2-7,12H2,1H3,(H3,13,14,16,17);1H. The predicted octanol–water partition coefficient (Wildman–Crippen LogP) is 0.0524. The van der Waals surface area contributed by atoms with Crippen LogP contribution in [-0.4, -0.2) is 42.5 Å². The van der Waals surface area contributed by atoms with Crippen molar-refractivity contribution in [2.24, 2.45) is 17.4 Å². The van der Waals surface area contributed by atoms with Gasteiger partial charge < -0.3 is 11.5 Å². The summed E-state index contributed by atoms with van der Waals surface area (Å²) in [4.78, 5) is 24.0. The highest BCUT2D eigenvalue weighted by Crippen LogP contribution is 2.22. The maximum Gasteiger partial charge on any atom is 0.318 e. The molecule has 0 aromatic rings. The lowest BCUT2D eigenvalue weighted by atomic mass is 9.90. The number of nitrogens with zero attached hydrogens (tertiary/aromatic N) is 1. The van der Waals surface area contributed by atoms with E-state index in [4.69, 9.17) is 11.5 Å². The molecule has 18 heavy (non-hydrogen) atoms. The molecule has 1 rings (SSSR count). The zero-order valence-electron chi connectivity index (χ0n) is 10.7. The van der Waals surface area contributed by atoms with E-state index in [1.165, 1.54) is 6.42 Å². The van der Waals surface area contributed by atoms with Crippen LogP contribution in [0.2, 0.25) is 0 Å². The Morgan fingerprint density at radius 1 is 1.44 bits per heavy atom. The molecule has 6 nitrogen and oxygen atoms in total. The molecule has 0 saturated carbocycles. The van der Waals surface area contributed by atoms with Gasteiger partial charge in [-0.05, 0) is 25.3 Å². The lowest BCUT2D eigenvalue weighted by Gasteiger charge is -2.39. The molecule has 1 aliphatic heterocycles. The molecule has 1 fully saturated rings. The van der Waals surface area contributed by atoms with Gasteiger partial charge in [-0.3, -0.25) is 15.0 Å². The average Bonchev–Trinajstić information content (AvgIpc) is 2.25. The van der Waals surface area contributed by atoms with Crippen LogP contribution in [0.15, 0.2) is 0 Å². The summed E-state index contributed by atoms with van der Waals surface area (Å²) in [7, 11) is 0.